The third-order valence-corrected chi connectivity index (χ3v) is 3.63. The summed E-state index contributed by atoms with van der Waals surface area (Å²) in [5.41, 5.74) is 2.12. The SMILES string of the molecule is CCCCCCCCCC(=O)Nc1ccc(CNC)cc1. The van der Waals surface area contributed by atoms with Crippen molar-refractivity contribution in [3.63, 3.8) is 0 Å². The molecule has 118 valence electrons. The third kappa shape index (κ3) is 8.51. The highest BCUT2D eigenvalue weighted by Crippen LogP contribution is 2.12. The van der Waals surface area contributed by atoms with Crippen molar-refractivity contribution < 1.29 is 4.79 Å². The zero-order valence-corrected chi connectivity index (χ0v) is 13.6. The number of rotatable bonds is 11. The normalized spacial score (nSPS) is 10.6. The summed E-state index contributed by atoms with van der Waals surface area (Å²) in [6.07, 6.45) is 9.32. The van der Waals surface area contributed by atoms with Crippen molar-refractivity contribution in [2.24, 2.45) is 0 Å². The second-order valence-electron chi connectivity index (χ2n) is 5.65. The van der Waals surface area contributed by atoms with Gasteiger partial charge in [0.1, 0.15) is 0 Å². The zero-order valence-electron chi connectivity index (χ0n) is 13.6. The number of hydrogen-bond acceptors (Lipinski definition) is 2. The standard InChI is InChI=1S/C18H30N2O/c1-3-4-5-6-7-8-9-10-18(21)20-17-13-11-16(12-14-17)15-19-2/h11-14,19H,3-10,15H2,1-2H3,(H,20,21). The number of carbonyl (C=O) groups is 1. The molecule has 0 heterocycles. The van der Waals surface area contributed by atoms with Crippen LogP contribution in [0.1, 0.15) is 63.9 Å². The maximum Gasteiger partial charge on any atom is 0.224 e. The van der Waals surface area contributed by atoms with Gasteiger partial charge in [-0.15, -0.1) is 0 Å². The second-order valence-corrected chi connectivity index (χ2v) is 5.65. The molecule has 0 radical (unpaired) electrons. The highest BCUT2D eigenvalue weighted by molar-refractivity contribution is 5.90. The van der Waals surface area contributed by atoms with Crippen LogP contribution in [0.15, 0.2) is 24.3 Å². The van der Waals surface area contributed by atoms with Gasteiger partial charge in [0.25, 0.3) is 0 Å². The second kappa shape index (κ2) is 11.3. The van der Waals surface area contributed by atoms with Crippen molar-refractivity contribution in [3.05, 3.63) is 29.8 Å². The Kier molecular flexibility index (Phi) is 9.55. The first-order valence-corrected chi connectivity index (χ1v) is 8.29. The van der Waals surface area contributed by atoms with Crippen molar-refractivity contribution >= 4 is 11.6 Å². The Morgan fingerprint density at radius 3 is 2.19 bits per heavy atom. The number of amides is 1. The van der Waals surface area contributed by atoms with E-state index in [1.807, 2.05) is 31.3 Å². The molecule has 0 unspecified atom stereocenters. The van der Waals surface area contributed by atoms with Gasteiger partial charge in [0.15, 0.2) is 0 Å². The van der Waals surface area contributed by atoms with Crippen molar-refractivity contribution in [2.75, 3.05) is 12.4 Å². The van der Waals surface area contributed by atoms with Crippen LogP contribution in [0, 0.1) is 0 Å². The predicted molar refractivity (Wildman–Crippen MR) is 90.4 cm³/mol. The molecule has 1 aromatic rings. The van der Waals surface area contributed by atoms with Gasteiger partial charge >= 0.3 is 0 Å². The Hall–Kier alpha value is -1.35. The fourth-order valence-electron chi connectivity index (χ4n) is 2.38. The molecule has 2 N–H and O–H groups in total. The van der Waals surface area contributed by atoms with E-state index >= 15 is 0 Å². The van der Waals surface area contributed by atoms with E-state index in [4.69, 9.17) is 0 Å². The molecule has 0 saturated carbocycles. The van der Waals surface area contributed by atoms with Gasteiger partial charge < -0.3 is 10.6 Å². The Labute approximate surface area is 129 Å². The van der Waals surface area contributed by atoms with E-state index in [0.29, 0.717) is 6.42 Å². The molecule has 0 aromatic heterocycles. The molecule has 1 amide bonds. The lowest BCUT2D eigenvalue weighted by molar-refractivity contribution is -0.116. The Bertz CT molecular complexity index is 387. The number of unbranched alkanes of at least 4 members (excludes halogenated alkanes) is 6. The summed E-state index contributed by atoms with van der Waals surface area (Å²) < 4.78 is 0. The number of hydrogen-bond donors (Lipinski definition) is 2. The van der Waals surface area contributed by atoms with Crippen LogP contribution in [0.25, 0.3) is 0 Å². The molecule has 3 nitrogen and oxygen atoms in total. The van der Waals surface area contributed by atoms with E-state index < -0.39 is 0 Å². The molecule has 0 aliphatic rings. The first kappa shape index (κ1) is 17.7. The number of anilines is 1. The lowest BCUT2D eigenvalue weighted by Gasteiger charge is -2.06. The van der Waals surface area contributed by atoms with E-state index in [9.17, 15) is 4.79 Å². The average Bonchev–Trinajstić information content (AvgIpc) is 2.49. The van der Waals surface area contributed by atoms with Crippen LogP contribution < -0.4 is 10.6 Å². The first-order chi connectivity index (χ1) is 10.3. The summed E-state index contributed by atoms with van der Waals surface area (Å²) >= 11 is 0. The first-order valence-electron chi connectivity index (χ1n) is 8.29. The summed E-state index contributed by atoms with van der Waals surface area (Å²) in [6.45, 7) is 3.09. The van der Waals surface area contributed by atoms with E-state index in [-0.39, 0.29) is 5.91 Å². The molecule has 0 aliphatic heterocycles. The van der Waals surface area contributed by atoms with E-state index in [0.717, 1.165) is 25.1 Å². The monoisotopic (exact) mass is 290 g/mol. The molecule has 0 bridgehead atoms. The van der Waals surface area contributed by atoms with Crippen LogP contribution in [0.4, 0.5) is 5.69 Å². The fourth-order valence-corrected chi connectivity index (χ4v) is 2.38. The average molecular weight is 290 g/mol. The summed E-state index contributed by atoms with van der Waals surface area (Å²) in [7, 11) is 1.93. The maximum absolute atomic E-state index is 11.8. The Morgan fingerprint density at radius 2 is 1.57 bits per heavy atom. The maximum atomic E-state index is 11.8. The van der Waals surface area contributed by atoms with E-state index in [2.05, 4.69) is 17.6 Å². The topological polar surface area (TPSA) is 41.1 Å². The molecule has 0 atom stereocenters. The zero-order chi connectivity index (χ0) is 15.3. The molecule has 0 saturated heterocycles. The van der Waals surface area contributed by atoms with Crippen LogP contribution in [0.5, 0.6) is 0 Å². The van der Waals surface area contributed by atoms with Gasteiger partial charge in [-0.25, -0.2) is 0 Å². The minimum Gasteiger partial charge on any atom is -0.326 e. The van der Waals surface area contributed by atoms with Gasteiger partial charge in [-0.05, 0) is 31.2 Å². The highest BCUT2D eigenvalue weighted by Gasteiger charge is 2.02. The lowest BCUT2D eigenvalue weighted by atomic mass is 10.1. The molecule has 0 fully saturated rings. The predicted octanol–water partition coefficient (Wildman–Crippen LogP) is 4.49. The summed E-state index contributed by atoms with van der Waals surface area (Å²) in [5.74, 6) is 0.130. The van der Waals surface area contributed by atoms with Crippen LogP contribution in [-0.4, -0.2) is 13.0 Å². The van der Waals surface area contributed by atoms with Crippen LogP contribution >= 0.6 is 0 Å². The van der Waals surface area contributed by atoms with Crippen molar-refractivity contribution in [1.82, 2.24) is 5.32 Å². The number of carbonyl (C=O) groups excluding carboxylic acids is 1. The lowest BCUT2D eigenvalue weighted by Crippen LogP contribution is -2.11. The largest absolute Gasteiger partial charge is 0.326 e. The minimum absolute atomic E-state index is 0.130. The smallest absolute Gasteiger partial charge is 0.224 e. The molecule has 0 aliphatic carbocycles. The van der Waals surface area contributed by atoms with Gasteiger partial charge in [0.05, 0.1) is 0 Å². The van der Waals surface area contributed by atoms with Crippen LogP contribution in [-0.2, 0) is 11.3 Å². The molecule has 0 spiro atoms. The molecule has 1 rings (SSSR count). The molecule has 1 aromatic carbocycles. The van der Waals surface area contributed by atoms with Gasteiger partial charge in [0, 0.05) is 18.7 Å². The van der Waals surface area contributed by atoms with Gasteiger partial charge in [-0.3, -0.25) is 4.79 Å². The van der Waals surface area contributed by atoms with Gasteiger partial charge in [-0.1, -0.05) is 57.6 Å². The third-order valence-electron chi connectivity index (χ3n) is 3.63. The number of nitrogens with one attached hydrogen (secondary N) is 2. The van der Waals surface area contributed by atoms with Gasteiger partial charge in [0.2, 0.25) is 5.91 Å². The molecule has 21 heavy (non-hydrogen) atoms. The molecular formula is C18H30N2O. The summed E-state index contributed by atoms with van der Waals surface area (Å²) in [4.78, 5) is 11.8. The van der Waals surface area contributed by atoms with Crippen LogP contribution in [0.3, 0.4) is 0 Å². The van der Waals surface area contributed by atoms with Crippen LogP contribution in [0.2, 0.25) is 0 Å². The van der Waals surface area contributed by atoms with Crippen molar-refractivity contribution in [1.29, 1.82) is 0 Å². The summed E-state index contributed by atoms with van der Waals surface area (Å²) in [5, 5.41) is 6.07. The summed E-state index contributed by atoms with van der Waals surface area (Å²) in [6, 6.07) is 8.02. The molecular weight excluding hydrogens is 260 g/mol. The fraction of sp³-hybridized carbons (Fsp3) is 0.611. The Balaban J connectivity index is 2.12. The quantitative estimate of drug-likeness (QED) is 0.590. The minimum atomic E-state index is 0.130. The van der Waals surface area contributed by atoms with E-state index in [1.165, 1.54) is 37.7 Å². The molecule has 3 heteroatoms. The van der Waals surface area contributed by atoms with Crippen molar-refractivity contribution in [3.8, 4) is 0 Å². The van der Waals surface area contributed by atoms with Crippen molar-refractivity contribution in [2.45, 2.75) is 64.8 Å². The van der Waals surface area contributed by atoms with E-state index in [1.54, 1.807) is 0 Å². The number of benzene rings is 1. The van der Waals surface area contributed by atoms with Gasteiger partial charge in [-0.2, -0.15) is 0 Å². The Morgan fingerprint density at radius 1 is 0.952 bits per heavy atom. The highest BCUT2D eigenvalue weighted by atomic mass is 16.1.